The average molecular weight is 510 g/mol. The Morgan fingerprint density at radius 3 is 1.12 bits per heavy atom. The van der Waals surface area contributed by atoms with Gasteiger partial charge in [0.1, 0.15) is 0 Å². The minimum Gasteiger partial charge on any atom is -0.435 e. The number of Topliss-reactive ketones (excluding diaryl/α,β-unsaturated/α-hetero) is 1. The summed E-state index contributed by atoms with van der Waals surface area (Å²) in [5.41, 5.74) is 0.565. The van der Waals surface area contributed by atoms with E-state index in [0.717, 1.165) is 13.6 Å². The highest BCUT2D eigenvalue weighted by atomic mass is 31.2. The number of esters is 4. The van der Waals surface area contributed by atoms with Gasteiger partial charge in [0.15, 0.2) is 0 Å². The molecule has 0 rings (SSSR count). The van der Waals surface area contributed by atoms with Crippen LogP contribution in [0.15, 0.2) is 36.5 Å². The minimum absolute atomic E-state index is 0. The highest BCUT2D eigenvalue weighted by Crippen LogP contribution is 2.43. The molecule has 12 nitrogen and oxygen atoms in total. The zero-order valence-electron chi connectivity index (χ0n) is 18.6. The molecule has 0 atom stereocenters. The van der Waals surface area contributed by atoms with E-state index < -0.39 is 57.6 Å². The second-order valence-electron chi connectivity index (χ2n) is 6.01. The van der Waals surface area contributed by atoms with Gasteiger partial charge in [-0.25, -0.2) is 19.2 Å². The molecule has 0 spiro atoms. The number of ketones is 1. The van der Waals surface area contributed by atoms with Gasteiger partial charge < -0.3 is 18.9 Å². The molecule has 0 aliphatic heterocycles. The molecule has 0 heterocycles. The highest BCUT2D eigenvalue weighted by molar-refractivity contribution is 7.52. The topological polar surface area (TPSA) is 158 Å². The van der Waals surface area contributed by atoms with Crippen LogP contribution in [0.3, 0.4) is 0 Å². The average Bonchev–Trinajstić information content (AvgIpc) is 2.67. The molecule has 0 bridgehead atoms. The lowest BCUT2D eigenvalue weighted by Gasteiger charge is -2.14. The summed E-state index contributed by atoms with van der Waals surface area (Å²) < 4.78 is 38.9. The largest absolute Gasteiger partial charge is 0.435 e. The fourth-order valence-corrected chi connectivity index (χ4v) is 1.56. The maximum Gasteiger partial charge on any atom is 0.377 e. The van der Waals surface area contributed by atoms with Crippen molar-refractivity contribution < 1.29 is 56.5 Å². The lowest BCUT2D eigenvalue weighted by atomic mass is 10.4. The third-order valence-electron chi connectivity index (χ3n) is 2.67. The van der Waals surface area contributed by atoms with Crippen molar-refractivity contribution in [1.29, 1.82) is 0 Å². The molecular formula is C21H35O12P. The van der Waals surface area contributed by atoms with Crippen molar-refractivity contribution in [3.05, 3.63) is 36.5 Å². The SMILES string of the molecule is C.C.C=C(C)C(=O)OCOC(=O)C(C)=O.C=C(C)C(=O)OCOP(C)(=O)OCOC(=O)C(=C)C. The van der Waals surface area contributed by atoms with E-state index in [9.17, 15) is 28.5 Å². The lowest BCUT2D eigenvalue weighted by molar-refractivity contribution is -0.168. The van der Waals surface area contributed by atoms with E-state index in [0.29, 0.717) is 0 Å². The summed E-state index contributed by atoms with van der Waals surface area (Å²) in [5, 5.41) is 0. The number of ether oxygens (including phenoxy) is 4. The van der Waals surface area contributed by atoms with E-state index in [1.165, 1.54) is 20.8 Å². The zero-order valence-corrected chi connectivity index (χ0v) is 19.5. The summed E-state index contributed by atoms with van der Waals surface area (Å²) in [7, 11) is -3.48. The molecule has 0 amide bonds. The standard InChI is InChI=1S/C11H17O7P.C8H10O5.2CH4/c1-8(2)10(12)15-6-17-19(5,14)18-7-16-11(13)9(3)4;1-5(2)7(10)12-4-13-8(11)6(3)9;;/h1,3,6-7H2,2,4-5H3;1,4H2,2-3H3;2*1H4. The van der Waals surface area contributed by atoms with Crippen LogP contribution in [-0.4, -0.2) is 56.7 Å². The Morgan fingerprint density at radius 1 is 0.588 bits per heavy atom. The third-order valence-corrected chi connectivity index (χ3v) is 3.82. The van der Waals surface area contributed by atoms with Crippen LogP contribution in [-0.2, 0) is 56.5 Å². The van der Waals surface area contributed by atoms with E-state index in [1.54, 1.807) is 0 Å². The van der Waals surface area contributed by atoms with Crippen LogP contribution >= 0.6 is 7.60 Å². The van der Waals surface area contributed by atoms with Gasteiger partial charge in [-0.15, -0.1) is 0 Å². The molecule has 0 aromatic carbocycles. The first kappa shape index (κ1) is 38.2. The second-order valence-corrected chi connectivity index (χ2v) is 8.07. The summed E-state index contributed by atoms with van der Waals surface area (Å²) in [6.45, 7) is 14.9. The third kappa shape index (κ3) is 20.8. The quantitative estimate of drug-likeness (QED) is 0.0941. The molecule has 0 aliphatic carbocycles. The number of hydrogen-bond acceptors (Lipinski definition) is 12. The maximum absolute atomic E-state index is 11.6. The molecule has 0 aromatic heterocycles. The summed E-state index contributed by atoms with van der Waals surface area (Å²) >= 11 is 0. The van der Waals surface area contributed by atoms with Gasteiger partial charge in [-0.2, -0.15) is 0 Å². The first-order valence-electron chi connectivity index (χ1n) is 8.62. The van der Waals surface area contributed by atoms with Crippen molar-refractivity contribution in [2.45, 2.75) is 42.5 Å². The molecule has 0 saturated heterocycles. The first-order valence-corrected chi connectivity index (χ1v) is 10.6. The molecule has 0 aliphatic rings. The highest BCUT2D eigenvalue weighted by Gasteiger charge is 2.19. The van der Waals surface area contributed by atoms with Gasteiger partial charge in [0.05, 0.1) is 0 Å². The van der Waals surface area contributed by atoms with Crippen molar-refractivity contribution >= 4 is 37.3 Å². The smallest absolute Gasteiger partial charge is 0.377 e. The molecule has 0 aromatic rings. The van der Waals surface area contributed by atoms with Gasteiger partial charge in [-0.05, 0) is 20.8 Å². The number of carbonyl (C=O) groups is 5. The molecule has 34 heavy (non-hydrogen) atoms. The van der Waals surface area contributed by atoms with Gasteiger partial charge in [-0.3, -0.25) is 18.4 Å². The fraction of sp³-hybridized carbons (Fsp3) is 0.476. The first-order chi connectivity index (χ1) is 14.6. The zero-order chi connectivity index (χ0) is 25.5. The van der Waals surface area contributed by atoms with E-state index in [2.05, 4.69) is 38.7 Å². The minimum atomic E-state index is -3.48. The molecular weight excluding hydrogens is 475 g/mol. The molecule has 0 N–H and O–H groups in total. The Morgan fingerprint density at radius 2 is 0.853 bits per heavy atom. The normalized spacial score (nSPS) is 9.32. The Labute approximate surface area is 200 Å². The van der Waals surface area contributed by atoms with Crippen molar-refractivity contribution in [3.8, 4) is 0 Å². The predicted octanol–water partition coefficient (Wildman–Crippen LogP) is 3.46. The summed E-state index contributed by atoms with van der Waals surface area (Å²) in [5.74, 6) is -3.79. The number of rotatable bonds is 12. The van der Waals surface area contributed by atoms with Crippen LogP contribution < -0.4 is 0 Å². The maximum atomic E-state index is 11.6. The van der Waals surface area contributed by atoms with Crippen molar-refractivity contribution in [3.63, 3.8) is 0 Å². The van der Waals surface area contributed by atoms with Crippen LogP contribution in [0.1, 0.15) is 42.5 Å². The van der Waals surface area contributed by atoms with Crippen molar-refractivity contribution in [1.82, 2.24) is 0 Å². The van der Waals surface area contributed by atoms with Gasteiger partial charge in [0, 0.05) is 30.3 Å². The Balaban J connectivity index is -0.000000266. The molecule has 0 fully saturated rings. The molecule has 13 heteroatoms. The Bertz CT molecular complexity index is 751. The van der Waals surface area contributed by atoms with E-state index in [-0.39, 0.29) is 31.6 Å². The molecule has 0 unspecified atom stereocenters. The Hall–Kier alpha value is -3.08. The predicted molar refractivity (Wildman–Crippen MR) is 123 cm³/mol. The lowest BCUT2D eigenvalue weighted by Crippen LogP contribution is -2.17. The molecule has 0 saturated carbocycles. The molecule has 0 radical (unpaired) electrons. The Kier molecular flexibility index (Phi) is 21.8. The fourth-order valence-electron chi connectivity index (χ4n) is 0.996. The molecule has 196 valence electrons. The van der Waals surface area contributed by atoms with E-state index >= 15 is 0 Å². The van der Waals surface area contributed by atoms with Crippen LogP contribution in [0.25, 0.3) is 0 Å². The summed E-state index contributed by atoms with van der Waals surface area (Å²) in [6, 6.07) is 0. The van der Waals surface area contributed by atoms with Crippen molar-refractivity contribution in [2.24, 2.45) is 0 Å². The van der Waals surface area contributed by atoms with Crippen LogP contribution in [0.4, 0.5) is 0 Å². The van der Waals surface area contributed by atoms with Crippen LogP contribution in [0.5, 0.6) is 0 Å². The van der Waals surface area contributed by atoms with Gasteiger partial charge in [0.2, 0.25) is 26.2 Å². The summed E-state index contributed by atoms with van der Waals surface area (Å²) in [4.78, 5) is 53.5. The van der Waals surface area contributed by atoms with Crippen LogP contribution in [0, 0.1) is 0 Å². The summed E-state index contributed by atoms with van der Waals surface area (Å²) in [6.07, 6.45) is 0. The second kappa shape index (κ2) is 19.4. The monoisotopic (exact) mass is 510 g/mol. The van der Waals surface area contributed by atoms with E-state index in [1.807, 2.05) is 0 Å². The van der Waals surface area contributed by atoms with Crippen LogP contribution in [0.2, 0.25) is 0 Å². The number of carbonyl (C=O) groups excluding carboxylic acids is 5. The van der Waals surface area contributed by atoms with Crippen molar-refractivity contribution in [2.75, 3.05) is 27.0 Å². The van der Waals surface area contributed by atoms with Gasteiger partial charge in [-0.1, -0.05) is 34.6 Å². The van der Waals surface area contributed by atoms with E-state index in [4.69, 9.17) is 9.05 Å². The number of hydrogen-bond donors (Lipinski definition) is 0. The van der Waals surface area contributed by atoms with Gasteiger partial charge in [0.25, 0.3) is 0 Å². The van der Waals surface area contributed by atoms with Gasteiger partial charge >= 0.3 is 31.5 Å².